The van der Waals surface area contributed by atoms with E-state index in [1.807, 2.05) is 6.07 Å². The predicted molar refractivity (Wildman–Crippen MR) is 44.7 cm³/mol. The first kappa shape index (κ1) is 8.24. The van der Waals surface area contributed by atoms with Crippen LogP contribution in [0.1, 0.15) is 30.9 Å². The molecule has 13 heavy (non-hydrogen) atoms. The van der Waals surface area contributed by atoms with E-state index in [-0.39, 0.29) is 6.04 Å². The predicted octanol–water partition coefficient (Wildman–Crippen LogP) is 1.82. The molecule has 1 aromatic heterocycles. The summed E-state index contributed by atoms with van der Waals surface area (Å²) in [5.41, 5.74) is 0.499. The Morgan fingerprint density at radius 2 is 2.46 bits per heavy atom. The summed E-state index contributed by atoms with van der Waals surface area (Å²) in [6, 6.07) is 1.83. The minimum absolute atomic E-state index is 0.151. The standard InChI is InChI=1S/C9H10FN3/c10-8-2-1-3-9(8)13-6-7(4-11)5-12-13/h5-6,8-9H,1-3H2. The van der Waals surface area contributed by atoms with Crippen LogP contribution in [0, 0.1) is 11.3 Å². The molecule has 1 aliphatic carbocycles. The van der Waals surface area contributed by atoms with Crippen molar-refractivity contribution in [2.45, 2.75) is 31.5 Å². The van der Waals surface area contributed by atoms with Crippen molar-refractivity contribution in [3.63, 3.8) is 0 Å². The summed E-state index contributed by atoms with van der Waals surface area (Å²) in [6.07, 6.45) is 4.65. The van der Waals surface area contributed by atoms with Crippen LogP contribution >= 0.6 is 0 Å². The minimum Gasteiger partial charge on any atom is -0.265 e. The zero-order valence-electron chi connectivity index (χ0n) is 7.15. The average Bonchev–Trinajstić information content (AvgIpc) is 2.71. The van der Waals surface area contributed by atoms with Crippen LogP contribution in [0.5, 0.6) is 0 Å². The van der Waals surface area contributed by atoms with Crippen molar-refractivity contribution >= 4 is 0 Å². The highest BCUT2D eigenvalue weighted by atomic mass is 19.1. The van der Waals surface area contributed by atoms with E-state index in [1.165, 1.54) is 6.20 Å². The Kier molecular flexibility index (Phi) is 2.01. The van der Waals surface area contributed by atoms with E-state index in [9.17, 15) is 4.39 Å². The average molecular weight is 179 g/mol. The van der Waals surface area contributed by atoms with E-state index in [0.717, 1.165) is 12.8 Å². The van der Waals surface area contributed by atoms with E-state index in [2.05, 4.69) is 5.10 Å². The Labute approximate surface area is 75.8 Å². The van der Waals surface area contributed by atoms with Crippen molar-refractivity contribution in [1.29, 1.82) is 5.26 Å². The van der Waals surface area contributed by atoms with E-state index >= 15 is 0 Å². The lowest BCUT2D eigenvalue weighted by Crippen LogP contribution is -2.14. The molecule has 2 atom stereocenters. The molecule has 2 unspecified atom stereocenters. The molecule has 3 nitrogen and oxygen atoms in total. The lowest BCUT2D eigenvalue weighted by atomic mass is 10.2. The highest BCUT2D eigenvalue weighted by molar-refractivity contribution is 5.22. The number of nitrogens with zero attached hydrogens (tertiary/aromatic N) is 3. The highest BCUT2D eigenvalue weighted by Crippen LogP contribution is 2.31. The maximum Gasteiger partial charge on any atom is 0.122 e. The van der Waals surface area contributed by atoms with Crippen molar-refractivity contribution in [3.05, 3.63) is 18.0 Å². The molecule has 1 aliphatic rings. The molecule has 1 heterocycles. The van der Waals surface area contributed by atoms with Gasteiger partial charge >= 0.3 is 0 Å². The molecule has 1 saturated carbocycles. The van der Waals surface area contributed by atoms with Gasteiger partial charge in [-0.25, -0.2) is 4.39 Å². The number of halogens is 1. The largest absolute Gasteiger partial charge is 0.265 e. The van der Waals surface area contributed by atoms with Gasteiger partial charge in [-0.05, 0) is 19.3 Å². The number of rotatable bonds is 1. The second-order valence-electron chi connectivity index (χ2n) is 3.34. The molecular formula is C9H10FN3. The second kappa shape index (κ2) is 3.17. The molecule has 0 radical (unpaired) electrons. The van der Waals surface area contributed by atoms with Crippen molar-refractivity contribution < 1.29 is 4.39 Å². The third-order valence-electron chi connectivity index (χ3n) is 2.47. The molecule has 1 aromatic rings. The lowest BCUT2D eigenvalue weighted by molar-refractivity contribution is 0.250. The summed E-state index contributed by atoms with van der Waals surface area (Å²) in [5.74, 6) is 0. The van der Waals surface area contributed by atoms with Crippen molar-refractivity contribution in [3.8, 4) is 6.07 Å². The number of alkyl halides is 1. The second-order valence-corrected chi connectivity index (χ2v) is 3.34. The molecule has 2 rings (SSSR count). The van der Waals surface area contributed by atoms with Crippen LogP contribution in [0.15, 0.2) is 12.4 Å². The Bertz CT molecular complexity index is 339. The van der Waals surface area contributed by atoms with Gasteiger partial charge in [0, 0.05) is 6.20 Å². The van der Waals surface area contributed by atoms with Crippen molar-refractivity contribution in [2.75, 3.05) is 0 Å². The summed E-state index contributed by atoms with van der Waals surface area (Å²) < 4.78 is 14.8. The van der Waals surface area contributed by atoms with Gasteiger partial charge in [-0.15, -0.1) is 0 Å². The SMILES string of the molecule is N#Cc1cnn(C2CCCC2F)c1. The monoisotopic (exact) mass is 179 g/mol. The first-order chi connectivity index (χ1) is 6.31. The summed E-state index contributed by atoms with van der Waals surface area (Å²) >= 11 is 0. The van der Waals surface area contributed by atoms with Gasteiger partial charge in [0.2, 0.25) is 0 Å². The first-order valence-electron chi connectivity index (χ1n) is 4.39. The lowest BCUT2D eigenvalue weighted by Gasteiger charge is -2.12. The molecule has 0 aliphatic heterocycles. The molecular weight excluding hydrogens is 169 g/mol. The zero-order chi connectivity index (χ0) is 9.26. The topological polar surface area (TPSA) is 41.6 Å². The molecule has 4 heteroatoms. The summed E-state index contributed by atoms with van der Waals surface area (Å²) in [5, 5.41) is 12.5. The van der Waals surface area contributed by atoms with Gasteiger partial charge in [-0.1, -0.05) is 0 Å². The third kappa shape index (κ3) is 1.42. The zero-order valence-corrected chi connectivity index (χ0v) is 7.15. The van der Waals surface area contributed by atoms with Gasteiger partial charge in [0.1, 0.15) is 12.2 Å². The molecule has 0 bridgehead atoms. The summed E-state index contributed by atoms with van der Waals surface area (Å²) in [6.45, 7) is 0. The van der Waals surface area contributed by atoms with Crippen LogP contribution < -0.4 is 0 Å². The van der Waals surface area contributed by atoms with Crippen LogP contribution in [-0.4, -0.2) is 16.0 Å². The summed E-state index contributed by atoms with van der Waals surface area (Å²) in [7, 11) is 0. The highest BCUT2D eigenvalue weighted by Gasteiger charge is 2.28. The Morgan fingerprint density at radius 1 is 1.62 bits per heavy atom. The van der Waals surface area contributed by atoms with E-state index in [1.54, 1.807) is 10.9 Å². The Morgan fingerprint density at radius 3 is 3.00 bits per heavy atom. The fraction of sp³-hybridized carbons (Fsp3) is 0.556. The van der Waals surface area contributed by atoms with Crippen LogP contribution in [0.2, 0.25) is 0 Å². The molecule has 1 fully saturated rings. The van der Waals surface area contributed by atoms with Crippen LogP contribution in [0.4, 0.5) is 4.39 Å². The molecule has 0 saturated heterocycles. The van der Waals surface area contributed by atoms with Gasteiger partial charge in [-0.2, -0.15) is 10.4 Å². The third-order valence-corrected chi connectivity index (χ3v) is 2.47. The maximum absolute atomic E-state index is 13.2. The normalized spacial score (nSPS) is 27.4. The Hall–Kier alpha value is -1.37. The van der Waals surface area contributed by atoms with Gasteiger partial charge in [0.05, 0.1) is 17.8 Å². The molecule has 0 N–H and O–H groups in total. The molecule has 0 spiro atoms. The van der Waals surface area contributed by atoms with E-state index in [4.69, 9.17) is 5.26 Å². The first-order valence-corrected chi connectivity index (χ1v) is 4.39. The fourth-order valence-corrected chi connectivity index (χ4v) is 1.77. The molecule has 68 valence electrons. The fourth-order valence-electron chi connectivity index (χ4n) is 1.77. The smallest absolute Gasteiger partial charge is 0.122 e. The Balaban J connectivity index is 2.21. The van der Waals surface area contributed by atoms with Crippen LogP contribution in [-0.2, 0) is 0 Å². The number of nitriles is 1. The van der Waals surface area contributed by atoms with Crippen molar-refractivity contribution in [2.24, 2.45) is 0 Å². The van der Waals surface area contributed by atoms with E-state index < -0.39 is 6.17 Å². The minimum atomic E-state index is -0.800. The van der Waals surface area contributed by atoms with Gasteiger partial charge < -0.3 is 0 Å². The van der Waals surface area contributed by atoms with Gasteiger partial charge in [0.15, 0.2) is 0 Å². The quantitative estimate of drug-likeness (QED) is 0.659. The molecule has 0 amide bonds. The summed E-state index contributed by atoms with van der Waals surface area (Å²) in [4.78, 5) is 0. The van der Waals surface area contributed by atoms with Crippen LogP contribution in [0.3, 0.4) is 0 Å². The van der Waals surface area contributed by atoms with Gasteiger partial charge in [-0.3, -0.25) is 4.68 Å². The van der Waals surface area contributed by atoms with E-state index in [0.29, 0.717) is 12.0 Å². The number of hydrogen-bond acceptors (Lipinski definition) is 2. The van der Waals surface area contributed by atoms with Crippen LogP contribution in [0.25, 0.3) is 0 Å². The van der Waals surface area contributed by atoms with Crippen molar-refractivity contribution in [1.82, 2.24) is 9.78 Å². The number of aromatic nitrogens is 2. The molecule has 0 aromatic carbocycles. The number of hydrogen-bond donors (Lipinski definition) is 0. The maximum atomic E-state index is 13.2. The van der Waals surface area contributed by atoms with Gasteiger partial charge in [0.25, 0.3) is 0 Å².